The van der Waals surface area contributed by atoms with Crippen molar-refractivity contribution in [3.05, 3.63) is 30.2 Å². The summed E-state index contributed by atoms with van der Waals surface area (Å²) in [5.74, 6) is 1.37. The van der Waals surface area contributed by atoms with Gasteiger partial charge in [-0.3, -0.25) is 0 Å². The van der Waals surface area contributed by atoms with Gasteiger partial charge in [0.15, 0.2) is 11.5 Å². The van der Waals surface area contributed by atoms with Crippen LogP contribution in [-0.4, -0.2) is 23.5 Å². The average Bonchev–Trinajstić information content (AvgIpc) is 3.05. The zero-order valence-electron chi connectivity index (χ0n) is 13.3. The van der Waals surface area contributed by atoms with Gasteiger partial charge in [-0.25, -0.2) is 9.98 Å². The van der Waals surface area contributed by atoms with Crippen molar-refractivity contribution in [3.63, 3.8) is 0 Å². The predicted octanol–water partition coefficient (Wildman–Crippen LogP) is 3.95. The fourth-order valence-corrected chi connectivity index (χ4v) is 2.39. The molecule has 1 aliphatic heterocycles. The van der Waals surface area contributed by atoms with Crippen LogP contribution in [0.2, 0.25) is 0 Å². The molecule has 0 unspecified atom stereocenters. The summed E-state index contributed by atoms with van der Waals surface area (Å²) in [7, 11) is 0. The van der Waals surface area contributed by atoms with Crippen LogP contribution in [0, 0.1) is 5.41 Å². The van der Waals surface area contributed by atoms with E-state index in [9.17, 15) is 0 Å². The Morgan fingerprint density at radius 1 is 1.10 bits per heavy atom. The summed E-state index contributed by atoms with van der Waals surface area (Å²) in [5, 5.41) is 0. The molecular formula is C17H22N2O2. The molecule has 0 saturated heterocycles. The predicted molar refractivity (Wildman–Crippen MR) is 83.7 cm³/mol. The van der Waals surface area contributed by atoms with Crippen molar-refractivity contribution in [2.24, 2.45) is 10.4 Å². The number of benzene rings is 1. The first-order valence-electron chi connectivity index (χ1n) is 7.35. The van der Waals surface area contributed by atoms with E-state index in [-0.39, 0.29) is 11.5 Å². The maximum absolute atomic E-state index is 5.89. The van der Waals surface area contributed by atoms with Crippen molar-refractivity contribution in [1.29, 1.82) is 0 Å². The van der Waals surface area contributed by atoms with E-state index >= 15 is 0 Å². The molecule has 0 fully saturated rings. The van der Waals surface area contributed by atoms with Crippen molar-refractivity contribution in [3.8, 4) is 0 Å². The molecule has 0 saturated carbocycles. The average molecular weight is 286 g/mol. The quantitative estimate of drug-likeness (QED) is 0.840. The molecule has 1 aromatic heterocycles. The molecule has 3 rings (SSSR count). The molecule has 4 heteroatoms. The summed E-state index contributed by atoms with van der Waals surface area (Å²) in [6, 6.07) is 7.96. The smallest absolute Gasteiger partial charge is 0.210 e. The minimum absolute atomic E-state index is 0.0964. The Balaban J connectivity index is 1.97. The van der Waals surface area contributed by atoms with Crippen molar-refractivity contribution in [2.75, 3.05) is 6.61 Å². The maximum atomic E-state index is 5.89. The minimum Gasteiger partial charge on any atom is -0.478 e. The number of ether oxygens (including phenoxy) is 1. The largest absolute Gasteiger partial charge is 0.478 e. The van der Waals surface area contributed by atoms with Gasteiger partial charge in [-0.1, -0.05) is 32.9 Å². The molecular weight excluding hydrogens is 264 g/mol. The Kier molecular flexibility index (Phi) is 3.08. The van der Waals surface area contributed by atoms with E-state index in [4.69, 9.17) is 14.1 Å². The number of rotatable bonds is 2. The lowest BCUT2D eigenvalue weighted by atomic mass is 9.88. The van der Waals surface area contributed by atoms with Crippen LogP contribution in [0.25, 0.3) is 11.1 Å². The van der Waals surface area contributed by atoms with Gasteiger partial charge in [0.25, 0.3) is 0 Å². The highest BCUT2D eigenvalue weighted by atomic mass is 16.5. The lowest BCUT2D eigenvalue weighted by Crippen LogP contribution is -2.29. The van der Waals surface area contributed by atoms with Gasteiger partial charge in [-0.15, -0.1) is 0 Å². The Morgan fingerprint density at radius 3 is 2.43 bits per heavy atom. The van der Waals surface area contributed by atoms with E-state index in [0.717, 1.165) is 11.1 Å². The molecule has 0 bridgehead atoms. The zero-order chi connectivity index (χ0) is 15.3. The van der Waals surface area contributed by atoms with Crippen LogP contribution in [0.3, 0.4) is 0 Å². The SMILES string of the molecule is CC(C)(C1=N[C@@H](C(C)(C)C)CO1)c1nc2ccccc2o1. The monoisotopic (exact) mass is 286 g/mol. The van der Waals surface area contributed by atoms with Gasteiger partial charge >= 0.3 is 0 Å². The second kappa shape index (κ2) is 4.58. The number of hydrogen-bond acceptors (Lipinski definition) is 4. The van der Waals surface area contributed by atoms with Gasteiger partial charge < -0.3 is 9.15 Å². The van der Waals surface area contributed by atoms with E-state index in [1.807, 2.05) is 38.1 Å². The van der Waals surface area contributed by atoms with Crippen LogP contribution in [0.5, 0.6) is 0 Å². The van der Waals surface area contributed by atoms with E-state index < -0.39 is 5.41 Å². The Morgan fingerprint density at radius 2 is 1.81 bits per heavy atom. The molecule has 1 atom stereocenters. The number of fused-ring (bicyclic) bond motifs is 1. The topological polar surface area (TPSA) is 47.6 Å². The fraction of sp³-hybridized carbons (Fsp3) is 0.529. The third kappa shape index (κ3) is 2.43. The highest BCUT2D eigenvalue weighted by molar-refractivity contribution is 5.88. The van der Waals surface area contributed by atoms with Crippen LogP contribution in [0.4, 0.5) is 0 Å². The van der Waals surface area contributed by atoms with Crippen LogP contribution >= 0.6 is 0 Å². The first-order chi connectivity index (χ1) is 9.78. The lowest BCUT2D eigenvalue weighted by Gasteiger charge is -2.22. The molecule has 2 heterocycles. The molecule has 1 aliphatic rings. The fourth-order valence-electron chi connectivity index (χ4n) is 2.39. The van der Waals surface area contributed by atoms with E-state index in [0.29, 0.717) is 18.4 Å². The maximum Gasteiger partial charge on any atom is 0.210 e. The summed E-state index contributed by atoms with van der Waals surface area (Å²) in [6.45, 7) is 11.3. The molecule has 0 radical (unpaired) electrons. The third-order valence-corrected chi connectivity index (χ3v) is 4.01. The normalized spacial score (nSPS) is 19.7. The Labute approximate surface area is 125 Å². The molecule has 2 aromatic rings. The lowest BCUT2D eigenvalue weighted by molar-refractivity contribution is 0.225. The molecule has 112 valence electrons. The van der Waals surface area contributed by atoms with Gasteiger partial charge in [-0.2, -0.15) is 0 Å². The van der Waals surface area contributed by atoms with E-state index in [1.165, 1.54) is 0 Å². The summed E-state index contributed by atoms with van der Waals surface area (Å²) in [5.41, 5.74) is 1.30. The van der Waals surface area contributed by atoms with Crippen LogP contribution in [0.15, 0.2) is 33.7 Å². The van der Waals surface area contributed by atoms with Crippen LogP contribution < -0.4 is 0 Å². The van der Waals surface area contributed by atoms with Crippen LogP contribution in [0.1, 0.15) is 40.5 Å². The Hall–Kier alpha value is -1.84. The third-order valence-electron chi connectivity index (χ3n) is 4.01. The highest BCUT2D eigenvalue weighted by Crippen LogP contribution is 2.34. The van der Waals surface area contributed by atoms with Gasteiger partial charge in [0.2, 0.25) is 5.89 Å². The summed E-state index contributed by atoms with van der Waals surface area (Å²) >= 11 is 0. The van der Waals surface area contributed by atoms with Crippen molar-refractivity contribution >= 4 is 17.0 Å². The zero-order valence-corrected chi connectivity index (χ0v) is 13.3. The van der Waals surface area contributed by atoms with E-state index in [1.54, 1.807) is 0 Å². The Bertz CT molecular complexity index is 659. The summed E-state index contributed by atoms with van der Waals surface area (Å²) < 4.78 is 11.8. The van der Waals surface area contributed by atoms with Gasteiger partial charge in [0, 0.05) is 0 Å². The summed E-state index contributed by atoms with van der Waals surface area (Å²) in [6.07, 6.45) is 0. The molecule has 0 N–H and O–H groups in total. The molecule has 0 spiro atoms. The molecule has 1 aromatic carbocycles. The van der Waals surface area contributed by atoms with Crippen molar-refractivity contribution in [2.45, 2.75) is 46.1 Å². The first kappa shape index (κ1) is 14.1. The van der Waals surface area contributed by atoms with Crippen molar-refractivity contribution < 1.29 is 9.15 Å². The number of hydrogen-bond donors (Lipinski definition) is 0. The first-order valence-corrected chi connectivity index (χ1v) is 7.35. The number of oxazole rings is 1. The number of aromatic nitrogens is 1. The second-order valence-electron chi connectivity index (χ2n) is 7.24. The molecule has 0 aliphatic carbocycles. The number of aliphatic imine (C=N–C) groups is 1. The number of nitrogens with zero attached hydrogens (tertiary/aromatic N) is 2. The molecule has 4 nitrogen and oxygen atoms in total. The number of para-hydroxylation sites is 2. The minimum atomic E-state index is -0.459. The summed E-state index contributed by atoms with van der Waals surface area (Å²) in [4.78, 5) is 9.36. The van der Waals surface area contributed by atoms with Gasteiger partial charge in [0.1, 0.15) is 17.5 Å². The van der Waals surface area contributed by atoms with Crippen molar-refractivity contribution in [1.82, 2.24) is 4.98 Å². The van der Waals surface area contributed by atoms with Gasteiger partial charge in [-0.05, 0) is 31.4 Å². The molecule has 0 amide bonds. The highest BCUT2D eigenvalue weighted by Gasteiger charge is 2.40. The standard InChI is InChI=1S/C17H22N2O2/c1-16(2,3)13-10-20-14(19-13)17(4,5)15-18-11-8-6-7-9-12(11)21-15/h6-9,13H,10H2,1-5H3/t13-/m1/s1. The van der Waals surface area contributed by atoms with Crippen LogP contribution in [-0.2, 0) is 10.2 Å². The molecule has 21 heavy (non-hydrogen) atoms. The van der Waals surface area contributed by atoms with Gasteiger partial charge in [0.05, 0.1) is 6.04 Å². The second-order valence-corrected chi connectivity index (χ2v) is 7.24. The van der Waals surface area contributed by atoms with E-state index in [2.05, 4.69) is 25.8 Å².